The van der Waals surface area contributed by atoms with E-state index < -0.39 is 16.0 Å². The molecule has 7 nitrogen and oxygen atoms in total. The molecule has 0 saturated heterocycles. The summed E-state index contributed by atoms with van der Waals surface area (Å²) in [4.78, 5) is 11.3. The molecule has 0 unspecified atom stereocenters. The molecule has 0 aliphatic heterocycles. The molecule has 0 fully saturated rings. The lowest BCUT2D eigenvalue weighted by atomic mass is 10.0. The van der Waals surface area contributed by atoms with Crippen molar-refractivity contribution in [3.8, 4) is 11.1 Å². The summed E-state index contributed by atoms with van der Waals surface area (Å²) in [7, 11) is -2.21. The number of aromatic nitrogens is 1. The molecule has 4 aromatic rings. The van der Waals surface area contributed by atoms with Gasteiger partial charge in [-0.25, -0.2) is 13.2 Å². The second-order valence-corrected chi connectivity index (χ2v) is 8.72. The molecule has 0 aliphatic rings. The fourth-order valence-electron chi connectivity index (χ4n) is 3.27. The van der Waals surface area contributed by atoms with Gasteiger partial charge in [0.2, 0.25) is 0 Å². The molecular weight excluding hydrogens is 404 g/mol. The number of hydrogen-bond donors (Lipinski definition) is 2. The van der Waals surface area contributed by atoms with Crippen LogP contribution in [0.1, 0.15) is 10.5 Å². The first kappa shape index (κ1) is 19.5. The van der Waals surface area contributed by atoms with Crippen LogP contribution in [-0.4, -0.2) is 36.5 Å². The van der Waals surface area contributed by atoms with Gasteiger partial charge in [-0.2, -0.15) is 4.73 Å². The number of anilines is 1. The maximum absolute atomic E-state index is 12.9. The molecule has 152 valence electrons. The van der Waals surface area contributed by atoms with Crippen molar-refractivity contribution < 1.29 is 23.5 Å². The highest BCUT2D eigenvalue weighted by Crippen LogP contribution is 2.28. The van der Waals surface area contributed by atoms with Gasteiger partial charge in [-0.1, -0.05) is 42.5 Å². The summed E-state index contributed by atoms with van der Waals surface area (Å²) in [5.41, 5.74) is 2.13. The fourth-order valence-corrected chi connectivity index (χ4v) is 4.47. The number of hydrogen-bond acceptors (Lipinski definition) is 4. The van der Waals surface area contributed by atoms with E-state index in [-0.39, 0.29) is 10.6 Å². The Morgan fingerprint density at radius 3 is 2.17 bits per heavy atom. The quantitative estimate of drug-likeness (QED) is 0.472. The van der Waals surface area contributed by atoms with Crippen molar-refractivity contribution in [1.29, 1.82) is 0 Å². The molecule has 0 spiro atoms. The Labute approximate surface area is 173 Å². The second kappa shape index (κ2) is 7.23. The van der Waals surface area contributed by atoms with Crippen molar-refractivity contribution in [2.75, 3.05) is 11.4 Å². The lowest BCUT2D eigenvalue weighted by molar-refractivity contribution is 0.0649. The lowest BCUT2D eigenvalue weighted by Crippen LogP contribution is -2.26. The van der Waals surface area contributed by atoms with Gasteiger partial charge in [-0.05, 0) is 47.5 Å². The molecule has 30 heavy (non-hydrogen) atoms. The number of nitrogens with zero attached hydrogens (tertiary/aromatic N) is 2. The van der Waals surface area contributed by atoms with Crippen molar-refractivity contribution in [1.82, 2.24) is 4.73 Å². The molecule has 8 heteroatoms. The molecular formula is C22H18N2O5S. The SMILES string of the molecule is CN(c1ccccc1)S(=O)(=O)c1ccc(-c2ccc3cc(C(=O)O)n(O)c3c2)cc1. The minimum absolute atomic E-state index is 0.150. The third kappa shape index (κ3) is 3.27. The highest BCUT2D eigenvalue weighted by Gasteiger charge is 2.21. The van der Waals surface area contributed by atoms with Crippen LogP contribution < -0.4 is 4.31 Å². The maximum atomic E-state index is 12.9. The fraction of sp³-hybridized carbons (Fsp3) is 0.0455. The van der Waals surface area contributed by atoms with Crippen LogP contribution in [0.3, 0.4) is 0 Å². The van der Waals surface area contributed by atoms with Crippen molar-refractivity contribution in [3.05, 3.63) is 84.6 Å². The number of fused-ring (bicyclic) bond motifs is 1. The Morgan fingerprint density at radius 1 is 0.900 bits per heavy atom. The van der Waals surface area contributed by atoms with Crippen LogP contribution in [0.5, 0.6) is 0 Å². The van der Waals surface area contributed by atoms with Gasteiger partial charge in [-0.3, -0.25) is 4.31 Å². The van der Waals surface area contributed by atoms with Crippen molar-refractivity contribution in [2.24, 2.45) is 0 Å². The zero-order chi connectivity index (χ0) is 21.5. The lowest BCUT2D eigenvalue weighted by Gasteiger charge is -2.19. The summed E-state index contributed by atoms with van der Waals surface area (Å²) < 4.78 is 27.7. The zero-order valence-electron chi connectivity index (χ0n) is 15.9. The number of aromatic carboxylic acids is 1. The summed E-state index contributed by atoms with van der Waals surface area (Å²) >= 11 is 0. The van der Waals surface area contributed by atoms with E-state index in [1.54, 1.807) is 54.6 Å². The van der Waals surface area contributed by atoms with E-state index >= 15 is 0 Å². The molecule has 4 rings (SSSR count). The van der Waals surface area contributed by atoms with E-state index in [2.05, 4.69) is 0 Å². The van der Waals surface area contributed by atoms with Crippen LogP contribution in [0.25, 0.3) is 22.0 Å². The van der Waals surface area contributed by atoms with Crippen LogP contribution in [-0.2, 0) is 10.0 Å². The predicted octanol–water partition coefficient (Wildman–Crippen LogP) is 4.07. The molecule has 2 N–H and O–H groups in total. The van der Waals surface area contributed by atoms with E-state index in [9.17, 15) is 18.4 Å². The van der Waals surface area contributed by atoms with Crippen molar-refractivity contribution in [3.63, 3.8) is 0 Å². The van der Waals surface area contributed by atoms with Gasteiger partial charge in [0.1, 0.15) is 0 Å². The first-order valence-corrected chi connectivity index (χ1v) is 10.5. The average molecular weight is 422 g/mol. The van der Waals surface area contributed by atoms with Crippen LogP contribution in [0.4, 0.5) is 5.69 Å². The van der Waals surface area contributed by atoms with Crippen LogP contribution in [0.15, 0.2) is 83.8 Å². The summed E-state index contributed by atoms with van der Waals surface area (Å²) in [6.45, 7) is 0. The Kier molecular flexibility index (Phi) is 4.71. The highest BCUT2D eigenvalue weighted by molar-refractivity contribution is 7.92. The topological polar surface area (TPSA) is 99.8 Å². The summed E-state index contributed by atoms with van der Waals surface area (Å²) in [6, 6.07) is 21.7. The van der Waals surface area contributed by atoms with E-state index in [1.807, 2.05) is 6.07 Å². The zero-order valence-corrected chi connectivity index (χ0v) is 16.7. The standard InChI is InChI=1S/C22H18N2O5S/c1-23(18-5-3-2-4-6-18)30(28,29)19-11-9-15(10-12-19)16-7-8-17-14-21(22(25)26)24(27)20(17)13-16/h2-14,27H,1H3,(H,25,26). The normalized spacial score (nSPS) is 11.5. The van der Waals surface area contributed by atoms with Gasteiger partial charge in [0, 0.05) is 12.4 Å². The molecule has 0 amide bonds. The minimum atomic E-state index is -3.71. The number of carboxylic acids is 1. The van der Waals surface area contributed by atoms with E-state index in [0.29, 0.717) is 26.9 Å². The number of para-hydroxylation sites is 1. The van der Waals surface area contributed by atoms with Gasteiger partial charge in [0.25, 0.3) is 10.0 Å². The maximum Gasteiger partial charge on any atom is 0.356 e. The number of benzene rings is 3. The van der Waals surface area contributed by atoms with Gasteiger partial charge >= 0.3 is 5.97 Å². The van der Waals surface area contributed by atoms with E-state index in [0.717, 1.165) is 5.56 Å². The molecule has 0 saturated carbocycles. The summed E-state index contributed by atoms with van der Waals surface area (Å²) in [5.74, 6) is -1.23. The van der Waals surface area contributed by atoms with Gasteiger partial charge < -0.3 is 10.3 Å². The third-order valence-electron chi connectivity index (χ3n) is 4.96. The van der Waals surface area contributed by atoms with Crippen molar-refractivity contribution in [2.45, 2.75) is 4.90 Å². The third-order valence-corrected chi connectivity index (χ3v) is 6.76. The van der Waals surface area contributed by atoms with E-state index in [4.69, 9.17) is 5.11 Å². The van der Waals surface area contributed by atoms with Gasteiger partial charge in [0.05, 0.1) is 16.1 Å². The predicted molar refractivity (Wildman–Crippen MR) is 114 cm³/mol. The van der Waals surface area contributed by atoms with Crippen molar-refractivity contribution >= 4 is 32.6 Å². The summed E-state index contributed by atoms with van der Waals surface area (Å²) in [5, 5.41) is 19.8. The molecule has 0 aliphatic carbocycles. The summed E-state index contributed by atoms with van der Waals surface area (Å²) in [6.07, 6.45) is 0. The number of rotatable bonds is 5. The van der Waals surface area contributed by atoms with Gasteiger partial charge in [-0.15, -0.1) is 0 Å². The van der Waals surface area contributed by atoms with Gasteiger partial charge in [0.15, 0.2) is 5.69 Å². The second-order valence-electron chi connectivity index (χ2n) is 6.75. The Hall–Kier alpha value is -3.78. The number of sulfonamides is 1. The molecule has 1 heterocycles. The Bertz CT molecular complexity index is 1340. The average Bonchev–Trinajstić information content (AvgIpc) is 3.10. The molecule has 1 aromatic heterocycles. The van der Waals surface area contributed by atoms with E-state index in [1.165, 1.54) is 29.6 Å². The van der Waals surface area contributed by atoms with Crippen LogP contribution in [0.2, 0.25) is 0 Å². The molecule has 3 aromatic carbocycles. The monoisotopic (exact) mass is 422 g/mol. The molecule has 0 radical (unpaired) electrons. The highest BCUT2D eigenvalue weighted by atomic mass is 32.2. The Balaban J connectivity index is 1.68. The van der Waals surface area contributed by atoms with Crippen LogP contribution in [0, 0.1) is 0 Å². The first-order chi connectivity index (χ1) is 14.3. The number of carboxylic acid groups (broad SMARTS) is 1. The molecule has 0 bridgehead atoms. The number of carbonyl (C=O) groups is 1. The first-order valence-electron chi connectivity index (χ1n) is 9.01. The Morgan fingerprint density at radius 2 is 1.53 bits per heavy atom. The molecule has 0 atom stereocenters. The smallest absolute Gasteiger partial charge is 0.356 e. The van der Waals surface area contributed by atoms with Crippen LogP contribution >= 0.6 is 0 Å². The minimum Gasteiger partial charge on any atom is -0.476 e. The largest absolute Gasteiger partial charge is 0.476 e.